The lowest BCUT2D eigenvalue weighted by molar-refractivity contribution is 0.598. The predicted molar refractivity (Wildman–Crippen MR) is 85.9 cm³/mol. The Morgan fingerprint density at radius 1 is 1.29 bits per heavy atom. The zero-order valence-corrected chi connectivity index (χ0v) is 13.5. The lowest BCUT2D eigenvalue weighted by Gasteiger charge is -2.14. The molecule has 0 fully saturated rings. The molecule has 5 nitrogen and oxygen atoms in total. The summed E-state index contributed by atoms with van der Waals surface area (Å²) in [6.07, 6.45) is 6.04. The van der Waals surface area contributed by atoms with Gasteiger partial charge in [-0.25, -0.2) is 13.4 Å². The van der Waals surface area contributed by atoms with Gasteiger partial charge in [0.25, 0.3) is 0 Å². The predicted octanol–water partition coefficient (Wildman–Crippen LogP) is 3.29. The van der Waals surface area contributed by atoms with Crippen molar-refractivity contribution in [2.45, 2.75) is 12.8 Å². The summed E-state index contributed by atoms with van der Waals surface area (Å²) >= 11 is 11.7. The summed E-state index contributed by atoms with van der Waals surface area (Å²) in [5.74, 6) is 0.475. The van der Waals surface area contributed by atoms with E-state index >= 15 is 0 Å². The molecule has 0 amide bonds. The molecule has 0 radical (unpaired) electrons. The maximum atomic E-state index is 12.1. The number of aromatic nitrogens is 2. The van der Waals surface area contributed by atoms with Gasteiger partial charge in [-0.3, -0.25) is 4.72 Å². The molecule has 0 aliphatic heterocycles. The van der Waals surface area contributed by atoms with Gasteiger partial charge in [0.15, 0.2) is 0 Å². The van der Waals surface area contributed by atoms with Crippen LogP contribution in [0, 0.1) is 0 Å². The van der Waals surface area contributed by atoms with Crippen LogP contribution in [-0.2, 0) is 10.0 Å². The van der Waals surface area contributed by atoms with E-state index in [9.17, 15) is 8.42 Å². The van der Waals surface area contributed by atoms with Gasteiger partial charge >= 0.3 is 0 Å². The highest BCUT2D eigenvalue weighted by atomic mass is 35.5. The van der Waals surface area contributed by atoms with Crippen molar-refractivity contribution < 1.29 is 8.42 Å². The molecule has 8 heteroatoms. The average Bonchev–Trinajstić information content (AvgIpc) is 2.92. The summed E-state index contributed by atoms with van der Waals surface area (Å²) in [5.41, 5.74) is 0.976. The minimum absolute atomic E-state index is 0.0234. The van der Waals surface area contributed by atoms with Gasteiger partial charge in [-0.05, 0) is 25.0 Å². The number of nitrogens with one attached hydrogen (secondary N) is 1. The fourth-order valence-corrected chi connectivity index (χ4v) is 3.50. The number of imidazole rings is 1. The number of hydrogen-bond donors (Lipinski definition) is 1. The first-order valence-electron chi connectivity index (χ1n) is 6.37. The Bertz CT molecular complexity index is 687. The number of halogens is 2. The van der Waals surface area contributed by atoms with Gasteiger partial charge in [0, 0.05) is 18.3 Å². The smallest absolute Gasteiger partial charge is 0.232 e. The van der Waals surface area contributed by atoms with Crippen molar-refractivity contribution in [1.82, 2.24) is 9.55 Å². The third-order valence-electron chi connectivity index (χ3n) is 2.81. The van der Waals surface area contributed by atoms with Crippen molar-refractivity contribution in [3.05, 3.63) is 41.9 Å². The first-order valence-corrected chi connectivity index (χ1v) is 8.93. The van der Waals surface area contributed by atoms with E-state index in [-0.39, 0.29) is 5.75 Å². The summed E-state index contributed by atoms with van der Waals surface area (Å²) in [6.45, 7) is 0. The molecule has 0 aliphatic carbocycles. The Labute approximate surface area is 134 Å². The van der Waals surface area contributed by atoms with Crippen LogP contribution in [-0.4, -0.2) is 29.6 Å². The number of alkyl halides is 1. The molecular weight excluding hydrogens is 333 g/mol. The van der Waals surface area contributed by atoms with Crippen molar-refractivity contribution in [2.24, 2.45) is 0 Å². The lowest BCUT2D eigenvalue weighted by Crippen LogP contribution is -2.18. The van der Waals surface area contributed by atoms with Gasteiger partial charge in [-0.1, -0.05) is 17.7 Å². The van der Waals surface area contributed by atoms with Gasteiger partial charge in [0.1, 0.15) is 0 Å². The Kier molecular flexibility index (Phi) is 5.50. The number of sulfonamides is 1. The Hall–Kier alpha value is -1.24. The Morgan fingerprint density at radius 2 is 2.10 bits per heavy atom. The molecule has 21 heavy (non-hydrogen) atoms. The number of benzene rings is 1. The highest BCUT2D eigenvalue weighted by molar-refractivity contribution is 7.92. The van der Waals surface area contributed by atoms with Crippen LogP contribution in [0.25, 0.3) is 5.69 Å². The fourth-order valence-electron chi connectivity index (χ4n) is 1.86. The van der Waals surface area contributed by atoms with Crippen molar-refractivity contribution in [1.29, 1.82) is 0 Å². The number of anilines is 1. The lowest BCUT2D eigenvalue weighted by atomic mass is 10.2. The van der Waals surface area contributed by atoms with Crippen molar-refractivity contribution in [2.75, 3.05) is 16.4 Å². The summed E-state index contributed by atoms with van der Waals surface area (Å²) in [4.78, 5) is 3.95. The van der Waals surface area contributed by atoms with Crippen LogP contribution < -0.4 is 4.72 Å². The van der Waals surface area contributed by atoms with Crippen LogP contribution >= 0.6 is 23.2 Å². The number of para-hydroxylation sites is 1. The molecule has 2 rings (SSSR count). The molecule has 1 aromatic carbocycles. The number of rotatable bonds is 7. The monoisotopic (exact) mass is 347 g/mol. The molecule has 0 saturated carbocycles. The molecule has 0 bridgehead atoms. The minimum Gasteiger partial charge on any atom is -0.303 e. The van der Waals surface area contributed by atoms with E-state index in [1.54, 1.807) is 41.5 Å². The second-order valence-electron chi connectivity index (χ2n) is 4.42. The highest BCUT2D eigenvalue weighted by Gasteiger charge is 2.15. The summed E-state index contributed by atoms with van der Waals surface area (Å²) < 4.78 is 28.4. The molecule has 1 N–H and O–H groups in total. The van der Waals surface area contributed by atoms with E-state index in [4.69, 9.17) is 23.2 Å². The van der Waals surface area contributed by atoms with Gasteiger partial charge in [-0.2, -0.15) is 0 Å². The van der Waals surface area contributed by atoms with Gasteiger partial charge < -0.3 is 4.57 Å². The van der Waals surface area contributed by atoms with Gasteiger partial charge in [-0.15, -0.1) is 11.6 Å². The first kappa shape index (κ1) is 16.1. The van der Waals surface area contributed by atoms with Gasteiger partial charge in [0.2, 0.25) is 10.0 Å². The molecule has 0 atom stereocenters. The topological polar surface area (TPSA) is 64.0 Å². The molecule has 1 aromatic heterocycles. The molecule has 0 saturated heterocycles. The van der Waals surface area contributed by atoms with Gasteiger partial charge in [0.05, 0.1) is 28.5 Å². The molecule has 0 unspecified atom stereocenters. The first-order chi connectivity index (χ1) is 10.0. The molecular formula is C13H15Cl2N3O2S. The normalized spacial score (nSPS) is 11.5. The molecule has 1 heterocycles. The maximum Gasteiger partial charge on any atom is 0.232 e. The van der Waals surface area contributed by atoms with Crippen LogP contribution in [0.2, 0.25) is 5.02 Å². The van der Waals surface area contributed by atoms with Crippen LogP contribution in [0.4, 0.5) is 5.69 Å². The fraction of sp³-hybridized carbons (Fsp3) is 0.308. The van der Waals surface area contributed by atoms with E-state index in [1.165, 1.54) is 0 Å². The largest absolute Gasteiger partial charge is 0.303 e. The number of unbranched alkanes of at least 4 members (excludes halogenated alkanes) is 1. The van der Waals surface area contributed by atoms with Crippen LogP contribution in [0.5, 0.6) is 0 Å². The summed E-state index contributed by atoms with van der Waals surface area (Å²) in [7, 11) is -3.44. The van der Waals surface area contributed by atoms with Crippen molar-refractivity contribution in [3.8, 4) is 5.69 Å². The second kappa shape index (κ2) is 7.15. The number of hydrogen-bond acceptors (Lipinski definition) is 3. The zero-order chi connectivity index (χ0) is 15.3. The maximum absolute atomic E-state index is 12.1. The molecule has 2 aromatic rings. The SMILES string of the molecule is O=S(=O)(CCCCCl)Nc1cccc(Cl)c1-n1ccnc1. The Morgan fingerprint density at radius 3 is 2.76 bits per heavy atom. The zero-order valence-electron chi connectivity index (χ0n) is 11.2. The van der Waals surface area contributed by atoms with E-state index in [0.717, 1.165) is 0 Å². The Balaban J connectivity index is 2.27. The summed E-state index contributed by atoms with van der Waals surface area (Å²) in [5, 5.41) is 0.439. The second-order valence-corrected chi connectivity index (χ2v) is 7.05. The quantitative estimate of drug-likeness (QED) is 0.617. The minimum atomic E-state index is -3.44. The van der Waals surface area contributed by atoms with Crippen LogP contribution in [0.3, 0.4) is 0 Å². The van der Waals surface area contributed by atoms with Crippen LogP contribution in [0.1, 0.15) is 12.8 Å². The molecule has 114 valence electrons. The van der Waals surface area contributed by atoms with Crippen molar-refractivity contribution >= 4 is 38.9 Å². The van der Waals surface area contributed by atoms with E-state index < -0.39 is 10.0 Å². The van der Waals surface area contributed by atoms with E-state index in [0.29, 0.717) is 35.1 Å². The summed E-state index contributed by atoms with van der Waals surface area (Å²) in [6, 6.07) is 5.06. The third kappa shape index (κ3) is 4.36. The highest BCUT2D eigenvalue weighted by Crippen LogP contribution is 2.29. The van der Waals surface area contributed by atoms with Crippen molar-refractivity contribution in [3.63, 3.8) is 0 Å². The number of nitrogens with zero attached hydrogens (tertiary/aromatic N) is 2. The van der Waals surface area contributed by atoms with Crippen LogP contribution in [0.15, 0.2) is 36.9 Å². The van der Waals surface area contributed by atoms with E-state index in [2.05, 4.69) is 9.71 Å². The average molecular weight is 348 g/mol. The van der Waals surface area contributed by atoms with E-state index in [1.807, 2.05) is 0 Å². The third-order valence-corrected chi connectivity index (χ3v) is 4.74. The standard InChI is InChI=1S/C13H15Cl2N3O2S/c14-6-1-2-9-21(19,20)17-12-5-3-4-11(15)13(12)18-8-7-16-10-18/h3-5,7-8,10,17H,1-2,6,9H2. The molecule has 0 aliphatic rings. The molecule has 0 spiro atoms.